The predicted octanol–water partition coefficient (Wildman–Crippen LogP) is 2.90. The van der Waals surface area contributed by atoms with Crippen molar-refractivity contribution in [3.8, 4) is 0 Å². The summed E-state index contributed by atoms with van der Waals surface area (Å²) in [6.07, 6.45) is 1.85. The Morgan fingerprint density at radius 3 is 2.06 bits per heavy atom. The lowest BCUT2D eigenvalue weighted by molar-refractivity contribution is 0.350. The highest BCUT2D eigenvalue weighted by molar-refractivity contribution is 7.89. The van der Waals surface area contributed by atoms with Crippen molar-refractivity contribution >= 4 is 21.6 Å². The van der Waals surface area contributed by atoms with Crippen molar-refractivity contribution in [3.63, 3.8) is 0 Å². The van der Waals surface area contributed by atoms with Crippen molar-refractivity contribution < 1.29 is 8.42 Å². The lowest BCUT2D eigenvalue weighted by Gasteiger charge is -2.25. The summed E-state index contributed by atoms with van der Waals surface area (Å²) in [4.78, 5) is 0.322. The fraction of sp³-hybridized carbons (Fsp3) is 0.500. The Balaban J connectivity index is 2.39. The summed E-state index contributed by atoms with van der Waals surface area (Å²) in [5.74, 6) is 0. The molecule has 1 saturated heterocycles. The molecule has 0 unspecified atom stereocenters. The zero-order valence-corrected chi connectivity index (χ0v) is 11.5. The van der Waals surface area contributed by atoms with Crippen LogP contribution in [0.3, 0.4) is 0 Å². The zero-order chi connectivity index (χ0) is 12.6. The molecule has 2 rings (SSSR count). The molecular formula is C12H16ClNO2S. The van der Waals surface area contributed by atoms with Crippen LogP contribution in [0.2, 0.25) is 5.02 Å². The van der Waals surface area contributed by atoms with Crippen LogP contribution in [0.4, 0.5) is 0 Å². The van der Waals surface area contributed by atoms with Gasteiger partial charge in [-0.15, -0.1) is 0 Å². The summed E-state index contributed by atoms with van der Waals surface area (Å²) in [5, 5.41) is 0.548. The number of halogens is 1. The van der Waals surface area contributed by atoms with Crippen LogP contribution < -0.4 is 0 Å². The number of sulfonamides is 1. The fourth-order valence-electron chi connectivity index (χ4n) is 2.37. The molecule has 0 N–H and O–H groups in total. The van der Waals surface area contributed by atoms with Gasteiger partial charge in [-0.3, -0.25) is 0 Å². The predicted molar refractivity (Wildman–Crippen MR) is 68.6 cm³/mol. The molecule has 1 aliphatic heterocycles. The summed E-state index contributed by atoms with van der Waals surface area (Å²) in [6, 6.07) is 6.50. The van der Waals surface area contributed by atoms with Crippen LogP contribution in [0.5, 0.6) is 0 Å². The van der Waals surface area contributed by atoms with E-state index < -0.39 is 10.0 Å². The Morgan fingerprint density at radius 1 is 1.12 bits per heavy atom. The van der Waals surface area contributed by atoms with Crippen LogP contribution in [0.25, 0.3) is 0 Å². The standard InChI is InChI=1S/C12H16ClNO2S/c1-9-3-4-10(2)14(9)17(15,16)12-7-5-11(13)6-8-12/h5-10H,3-4H2,1-2H3/t9-,10-/m1/s1. The molecule has 1 fully saturated rings. The van der Waals surface area contributed by atoms with Crippen molar-refractivity contribution in [1.82, 2.24) is 4.31 Å². The molecule has 0 amide bonds. The van der Waals surface area contributed by atoms with E-state index >= 15 is 0 Å². The largest absolute Gasteiger partial charge is 0.243 e. The van der Waals surface area contributed by atoms with E-state index in [2.05, 4.69) is 0 Å². The lowest BCUT2D eigenvalue weighted by atomic mass is 10.2. The SMILES string of the molecule is C[C@@H]1CC[C@@H](C)N1S(=O)(=O)c1ccc(Cl)cc1. The highest BCUT2D eigenvalue weighted by Gasteiger charge is 2.37. The van der Waals surface area contributed by atoms with Crippen LogP contribution in [0.1, 0.15) is 26.7 Å². The van der Waals surface area contributed by atoms with Crippen LogP contribution in [-0.2, 0) is 10.0 Å². The Kier molecular flexibility index (Phi) is 3.48. The molecule has 5 heteroatoms. The highest BCUT2D eigenvalue weighted by atomic mass is 35.5. The van der Waals surface area contributed by atoms with Crippen LogP contribution in [0.15, 0.2) is 29.2 Å². The average molecular weight is 274 g/mol. The fourth-order valence-corrected chi connectivity index (χ4v) is 4.38. The van der Waals surface area contributed by atoms with Gasteiger partial charge in [-0.05, 0) is 51.0 Å². The molecule has 0 aliphatic carbocycles. The second-order valence-corrected chi connectivity index (χ2v) is 6.84. The van der Waals surface area contributed by atoms with Gasteiger partial charge >= 0.3 is 0 Å². The summed E-state index contributed by atoms with van der Waals surface area (Å²) in [5.41, 5.74) is 0. The monoisotopic (exact) mass is 273 g/mol. The normalized spacial score (nSPS) is 26.3. The van der Waals surface area contributed by atoms with E-state index in [9.17, 15) is 8.42 Å². The van der Waals surface area contributed by atoms with E-state index in [0.29, 0.717) is 9.92 Å². The van der Waals surface area contributed by atoms with Crippen LogP contribution >= 0.6 is 11.6 Å². The van der Waals surface area contributed by atoms with E-state index in [4.69, 9.17) is 11.6 Å². The second-order valence-electron chi connectivity index (χ2n) is 4.56. The topological polar surface area (TPSA) is 37.4 Å². The van der Waals surface area contributed by atoms with E-state index in [0.717, 1.165) is 12.8 Å². The van der Waals surface area contributed by atoms with Crippen LogP contribution in [-0.4, -0.2) is 24.8 Å². The third-order valence-corrected chi connectivity index (χ3v) is 5.65. The van der Waals surface area contributed by atoms with Crippen molar-refractivity contribution in [2.24, 2.45) is 0 Å². The van der Waals surface area contributed by atoms with Gasteiger partial charge < -0.3 is 0 Å². The first-order valence-electron chi connectivity index (χ1n) is 5.72. The first kappa shape index (κ1) is 12.9. The Labute approximate surface area is 107 Å². The summed E-state index contributed by atoms with van der Waals surface area (Å²) in [7, 11) is -3.38. The van der Waals surface area contributed by atoms with Gasteiger partial charge in [0.25, 0.3) is 0 Å². The Bertz CT molecular complexity index is 488. The van der Waals surface area contributed by atoms with Crippen LogP contribution in [0, 0.1) is 0 Å². The number of nitrogens with zero attached hydrogens (tertiary/aromatic N) is 1. The van der Waals surface area contributed by atoms with E-state index in [1.165, 1.54) is 0 Å². The zero-order valence-electron chi connectivity index (χ0n) is 9.93. The molecule has 0 bridgehead atoms. The first-order chi connectivity index (χ1) is 7.93. The van der Waals surface area contributed by atoms with Crippen molar-refractivity contribution in [1.29, 1.82) is 0 Å². The van der Waals surface area contributed by atoms with Crippen molar-refractivity contribution in [2.75, 3.05) is 0 Å². The molecule has 0 aromatic heterocycles. The number of hydrogen-bond donors (Lipinski definition) is 0. The molecule has 1 heterocycles. The number of benzene rings is 1. The smallest absolute Gasteiger partial charge is 0.207 e. The molecule has 2 atom stereocenters. The maximum absolute atomic E-state index is 12.4. The molecule has 0 radical (unpaired) electrons. The van der Waals surface area contributed by atoms with Crippen molar-refractivity contribution in [2.45, 2.75) is 43.7 Å². The van der Waals surface area contributed by atoms with Gasteiger partial charge in [-0.25, -0.2) is 8.42 Å². The lowest BCUT2D eigenvalue weighted by Crippen LogP contribution is -2.38. The molecule has 3 nitrogen and oxygen atoms in total. The van der Waals surface area contributed by atoms with Gasteiger partial charge in [0.2, 0.25) is 10.0 Å². The molecular weight excluding hydrogens is 258 g/mol. The number of rotatable bonds is 2. The van der Waals surface area contributed by atoms with Gasteiger partial charge in [-0.1, -0.05) is 11.6 Å². The van der Waals surface area contributed by atoms with Gasteiger partial charge in [0.15, 0.2) is 0 Å². The molecule has 17 heavy (non-hydrogen) atoms. The minimum atomic E-state index is -3.38. The average Bonchev–Trinajstić information content (AvgIpc) is 2.59. The second kappa shape index (κ2) is 4.59. The van der Waals surface area contributed by atoms with E-state index in [-0.39, 0.29) is 12.1 Å². The van der Waals surface area contributed by atoms with Gasteiger partial charge in [0, 0.05) is 17.1 Å². The van der Waals surface area contributed by atoms with E-state index in [1.807, 2.05) is 13.8 Å². The molecule has 0 saturated carbocycles. The Hall–Kier alpha value is -0.580. The van der Waals surface area contributed by atoms with Gasteiger partial charge in [-0.2, -0.15) is 4.31 Å². The molecule has 94 valence electrons. The maximum Gasteiger partial charge on any atom is 0.243 e. The number of hydrogen-bond acceptors (Lipinski definition) is 2. The third kappa shape index (κ3) is 2.34. The highest BCUT2D eigenvalue weighted by Crippen LogP contribution is 2.30. The summed E-state index contributed by atoms with van der Waals surface area (Å²) < 4.78 is 26.5. The van der Waals surface area contributed by atoms with E-state index in [1.54, 1.807) is 28.6 Å². The quantitative estimate of drug-likeness (QED) is 0.831. The Morgan fingerprint density at radius 2 is 1.59 bits per heavy atom. The molecule has 1 aromatic rings. The molecule has 1 aliphatic rings. The molecule has 1 aromatic carbocycles. The van der Waals surface area contributed by atoms with Gasteiger partial charge in [0.1, 0.15) is 0 Å². The molecule has 0 spiro atoms. The first-order valence-corrected chi connectivity index (χ1v) is 7.54. The summed E-state index contributed by atoms with van der Waals surface area (Å²) >= 11 is 5.77. The minimum absolute atomic E-state index is 0.0747. The minimum Gasteiger partial charge on any atom is -0.207 e. The van der Waals surface area contributed by atoms with Crippen molar-refractivity contribution in [3.05, 3.63) is 29.3 Å². The van der Waals surface area contributed by atoms with Gasteiger partial charge in [0.05, 0.1) is 4.90 Å². The third-order valence-electron chi connectivity index (χ3n) is 3.26. The summed E-state index contributed by atoms with van der Waals surface area (Å²) in [6.45, 7) is 3.91. The maximum atomic E-state index is 12.4.